The monoisotopic (exact) mass is 269 g/mol. The van der Waals surface area contributed by atoms with E-state index in [1.54, 1.807) is 13.8 Å². The summed E-state index contributed by atoms with van der Waals surface area (Å²) < 4.78 is 31.9. The van der Waals surface area contributed by atoms with Crippen LogP contribution in [0.5, 0.6) is 0 Å². The van der Waals surface area contributed by atoms with Crippen molar-refractivity contribution in [2.24, 2.45) is 17.3 Å². The molecule has 2 atom stereocenters. The van der Waals surface area contributed by atoms with Crippen molar-refractivity contribution in [2.45, 2.75) is 32.6 Å². The zero-order valence-electron chi connectivity index (χ0n) is 10.5. The number of hydrogen-bond acceptors (Lipinski definition) is 2. The second kappa shape index (κ2) is 5.37. The summed E-state index contributed by atoms with van der Waals surface area (Å²) in [6.07, 6.45) is 2.32. The fourth-order valence-electron chi connectivity index (χ4n) is 2.49. The van der Waals surface area contributed by atoms with Crippen LogP contribution in [0.2, 0.25) is 0 Å². The third-order valence-electron chi connectivity index (χ3n) is 4.12. The van der Waals surface area contributed by atoms with Crippen molar-refractivity contribution in [2.75, 3.05) is 26.3 Å². The first-order valence-corrected chi connectivity index (χ1v) is 6.12. The number of piperidine rings is 1. The SMILES string of the molecule is CC1(C)C(COCC2CCCNC2)C1(F)F.Cl. The van der Waals surface area contributed by atoms with Gasteiger partial charge in [-0.2, -0.15) is 0 Å². The number of hydrogen-bond donors (Lipinski definition) is 1. The average molecular weight is 270 g/mol. The summed E-state index contributed by atoms with van der Waals surface area (Å²) >= 11 is 0. The standard InChI is InChI=1S/C12H21F2NO.ClH/c1-11(2)10(12(11,13)14)8-16-7-9-4-3-5-15-6-9;/h9-10,15H,3-8H2,1-2H3;1H. The Kier molecular flexibility index (Phi) is 4.78. The fourth-order valence-corrected chi connectivity index (χ4v) is 2.49. The molecule has 0 aromatic carbocycles. The molecule has 1 saturated heterocycles. The molecule has 1 heterocycles. The maximum atomic E-state index is 13.2. The molecule has 2 nitrogen and oxygen atoms in total. The Bertz CT molecular complexity index is 241. The number of halogens is 3. The van der Waals surface area contributed by atoms with E-state index in [-0.39, 0.29) is 19.0 Å². The summed E-state index contributed by atoms with van der Waals surface area (Å²) in [4.78, 5) is 0. The minimum atomic E-state index is -2.53. The van der Waals surface area contributed by atoms with Crippen LogP contribution in [0.1, 0.15) is 26.7 Å². The number of nitrogens with one attached hydrogen (secondary N) is 1. The highest BCUT2D eigenvalue weighted by molar-refractivity contribution is 5.85. The van der Waals surface area contributed by atoms with Crippen LogP contribution >= 0.6 is 12.4 Å². The Labute approximate surface area is 108 Å². The largest absolute Gasteiger partial charge is 0.381 e. The normalized spacial score (nSPS) is 33.9. The molecule has 2 rings (SSSR count). The summed E-state index contributed by atoms with van der Waals surface area (Å²) in [7, 11) is 0. The molecule has 0 spiro atoms. The van der Waals surface area contributed by atoms with Crippen LogP contribution in [0.3, 0.4) is 0 Å². The maximum Gasteiger partial charge on any atom is 0.259 e. The van der Waals surface area contributed by atoms with Gasteiger partial charge < -0.3 is 10.1 Å². The first-order chi connectivity index (χ1) is 7.46. The first-order valence-electron chi connectivity index (χ1n) is 6.12. The van der Waals surface area contributed by atoms with Crippen LogP contribution in [0.25, 0.3) is 0 Å². The zero-order chi connectivity index (χ0) is 11.8. The lowest BCUT2D eigenvalue weighted by molar-refractivity contribution is 0.0344. The third kappa shape index (κ3) is 2.91. The van der Waals surface area contributed by atoms with Gasteiger partial charge in [-0.25, -0.2) is 8.78 Å². The molecule has 17 heavy (non-hydrogen) atoms. The van der Waals surface area contributed by atoms with Crippen molar-refractivity contribution in [1.82, 2.24) is 5.32 Å². The van der Waals surface area contributed by atoms with E-state index >= 15 is 0 Å². The van der Waals surface area contributed by atoms with Crippen LogP contribution in [0.15, 0.2) is 0 Å². The lowest BCUT2D eigenvalue weighted by Crippen LogP contribution is -2.32. The summed E-state index contributed by atoms with van der Waals surface area (Å²) in [6.45, 7) is 6.09. The fraction of sp³-hybridized carbons (Fsp3) is 1.00. The molecular formula is C12H22ClF2NO. The Hall–Kier alpha value is 0.0700. The lowest BCUT2D eigenvalue weighted by Gasteiger charge is -2.22. The second-order valence-corrected chi connectivity index (χ2v) is 5.65. The number of rotatable bonds is 4. The van der Waals surface area contributed by atoms with Gasteiger partial charge in [0, 0.05) is 12.0 Å². The molecule has 0 aromatic rings. The summed E-state index contributed by atoms with van der Waals surface area (Å²) in [6, 6.07) is 0. The molecule has 0 amide bonds. The predicted molar refractivity (Wildman–Crippen MR) is 65.9 cm³/mol. The van der Waals surface area contributed by atoms with Crippen molar-refractivity contribution in [1.29, 1.82) is 0 Å². The van der Waals surface area contributed by atoms with Gasteiger partial charge in [0.1, 0.15) is 0 Å². The molecule has 1 N–H and O–H groups in total. The second-order valence-electron chi connectivity index (χ2n) is 5.65. The highest BCUT2D eigenvalue weighted by Gasteiger charge is 2.74. The van der Waals surface area contributed by atoms with Crippen molar-refractivity contribution >= 4 is 12.4 Å². The lowest BCUT2D eigenvalue weighted by atomic mass is 10.0. The van der Waals surface area contributed by atoms with E-state index in [9.17, 15) is 8.78 Å². The number of alkyl halides is 2. The molecule has 0 bridgehead atoms. The molecule has 1 saturated carbocycles. The van der Waals surface area contributed by atoms with Crippen LogP contribution in [-0.2, 0) is 4.74 Å². The number of ether oxygens (including phenoxy) is 1. The Morgan fingerprint density at radius 3 is 2.41 bits per heavy atom. The molecule has 0 radical (unpaired) electrons. The summed E-state index contributed by atoms with van der Waals surface area (Å²) in [5.41, 5.74) is -0.863. The zero-order valence-corrected chi connectivity index (χ0v) is 11.3. The van der Waals surface area contributed by atoms with E-state index in [0.717, 1.165) is 19.5 Å². The van der Waals surface area contributed by atoms with Gasteiger partial charge in [-0.1, -0.05) is 13.8 Å². The topological polar surface area (TPSA) is 21.3 Å². The van der Waals surface area contributed by atoms with E-state index in [1.165, 1.54) is 6.42 Å². The van der Waals surface area contributed by atoms with Gasteiger partial charge in [0.25, 0.3) is 5.92 Å². The Morgan fingerprint density at radius 2 is 1.94 bits per heavy atom. The summed E-state index contributed by atoms with van der Waals surface area (Å²) in [5, 5.41) is 3.29. The molecule has 1 aliphatic heterocycles. The van der Waals surface area contributed by atoms with Gasteiger partial charge in [0.2, 0.25) is 0 Å². The van der Waals surface area contributed by atoms with E-state index in [2.05, 4.69) is 5.32 Å². The smallest absolute Gasteiger partial charge is 0.259 e. The van der Waals surface area contributed by atoms with Crippen molar-refractivity contribution in [3.63, 3.8) is 0 Å². The third-order valence-corrected chi connectivity index (χ3v) is 4.12. The Balaban J connectivity index is 0.00000144. The molecule has 5 heteroatoms. The molecule has 102 valence electrons. The van der Waals surface area contributed by atoms with Gasteiger partial charge in [-0.15, -0.1) is 12.4 Å². The maximum absolute atomic E-state index is 13.2. The van der Waals surface area contributed by atoms with Gasteiger partial charge in [-0.3, -0.25) is 0 Å². The average Bonchev–Trinajstić information content (AvgIpc) is 2.62. The van der Waals surface area contributed by atoms with Gasteiger partial charge in [0.05, 0.1) is 19.1 Å². The van der Waals surface area contributed by atoms with Crippen LogP contribution in [0, 0.1) is 17.3 Å². The van der Waals surface area contributed by atoms with Gasteiger partial charge in [0.15, 0.2) is 0 Å². The summed E-state index contributed by atoms with van der Waals surface area (Å²) in [5.74, 6) is -2.61. The van der Waals surface area contributed by atoms with Gasteiger partial charge in [-0.05, 0) is 25.3 Å². The molecule has 2 unspecified atom stereocenters. The Morgan fingerprint density at radius 1 is 1.29 bits per heavy atom. The molecule has 2 fully saturated rings. The van der Waals surface area contributed by atoms with E-state index < -0.39 is 17.3 Å². The van der Waals surface area contributed by atoms with E-state index in [1.807, 2.05) is 0 Å². The van der Waals surface area contributed by atoms with Crippen LogP contribution in [0.4, 0.5) is 8.78 Å². The van der Waals surface area contributed by atoms with Crippen molar-refractivity contribution < 1.29 is 13.5 Å². The quantitative estimate of drug-likeness (QED) is 0.847. The minimum Gasteiger partial charge on any atom is -0.381 e. The minimum absolute atomic E-state index is 0. The van der Waals surface area contributed by atoms with Crippen LogP contribution < -0.4 is 5.32 Å². The van der Waals surface area contributed by atoms with Crippen molar-refractivity contribution in [3.8, 4) is 0 Å². The first kappa shape index (κ1) is 15.1. The van der Waals surface area contributed by atoms with E-state index in [4.69, 9.17) is 4.74 Å². The van der Waals surface area contributed by atoms with Crippen molar-refractivity contribution in [3.05, 3.63) is 0 Å². The molecular weight excluding hydrogens is 248 g/mol. The van der Waals surface area contributed by atoms with E-state index in [0.29, 0.717) is 12.5 Å². The highest BCUT2D eigenvalue weighted by atomic mass is 35.5. The van der Waals surface area contributed by atoms with Gasteiger partial charge >= 0.3 is 0 Å². The highest BCUT2D eigenvalue weighted by Crippen LogP contribution is 2.65. The van der Waals surface area contributed by atoms with Crippen LogP contribution in [-0.4, -0.2) is 32.2 Å². The molecule has 0 aromatic heterocycles. The molecule has 2 aliphatic rings. The predicted octanol–water partition coefficient (Wildman–Crippen LogP) is 2.72. The molecule has 1 aliphatic carbocycles.